The van der Waals surface area contributed by atoms with Crippen molar-refractivity contribution in [1.29, 1.82) is 0 Å². The van der Waals surface area contributed by atoms with E-state index in [-0.39, 0.29) is 19.4 Å². The number of hydrogen-bond donors (Lipinski definition) is 3. The van der Waals surface area contributed by atoms with E-state index in [0.717, 1.165) is 19.3 Å². The van der Waals surface area contributed by atoms with Gasteiger partial charge in [0.25, 0.3) is 0 Å². The molecule has 264 valence electrons. The lowest BCUT2D eigenvalue weighted by Crippen LogP contribution is -2.34. The molecular weight excluding hydrogens is 601 g/mol. The van der Waals surface area contributed by atoms with Crippen LogP contribution < -0.4 is 5.73 Å². The number of ether oxygens (including phenoxy) is 2. The molecule has 0 aromatic carbocycles. The Morgan fingerprint density at radius 2 is 1.16 bits per heavy atom. The van der Waals surface area contributed by atoms with Crippen LogP contribution in [0.1, 0.15) is 149 Å². The minimum absolute atomic E-state index is 0.104. The fourth-order valence-electron chi connectivity index (χ4n) is 4.51. The van der Waals surface area contributed by atoms with Crippen LogP contribution in [0.15, 0.2) is 12.2 Å². The lowest BCUT2D eigenvalue weighted by atomic mass is 10.1. The molecule has 0 aliphatic carbocycles. The van der Waals surface area contributed by atoms with E-state index in [1.807, 2.05) is 0 Å². The number of carbonyl (C=O) groups is 3. The van der Waals surface area contributed by atoms with Gasteiger partial charge in [-0.1, -0.05) is 116 Å². The normalized spacial score (nSPS) is 14.2. The number of carboxylic acid groups (broad SMARTS) is 1. The first-order valence-electron chi connectivity index (χ1n) is 17.2. The maximum absolute atomic E-state index is 12.3. The molecule has 45 heavy (non-hydrogen) atoms. The molecule has 0 bridgehead atoms. The van der Waals surface area contributed by atoms with Gasteiger partial charge in [0, 0.05) is 12.8 Å². The van der Waals surface area contributed by atoms with Gasteiger partial charge >= 0.3 is 25.7 Å². The monoisotopic (exact) mass is 663 g/mol. The van der Waals surface area contributed by atoms with E-state index >= 15 is 0 Å². The largest absolute Gasteiger partial charge is 0.480 e. The molecule has 0 aliphatic rings. The fraction of sp³-hybridized carbons (Fsp3) is 0.848. The quantitative estimate of drug-likeness (QED) is 0.0278. The molecular formula is C33H62NO10P. The Morgan fingerprint density at radius 3 is 1.64 bits per heavy atom. The number of carbonyl (C=O) groups excluding carboxylic acids is 2. The molecule has 12 heteroatoms. The van der Waals surface area contributed by atoms with Crippen LogP contribution in [0.4, 0.5) is 0 Å². The lowest BCUT2D eigenvalue weighted by Gasteiger charge is -2.20. The first-order chi connectivity index (χ1) is 21.6. The van der Waals surface area contributed by atoms with E-state index in [1.54, 1.807) is 6.92 Å². The van der Waals surface area contributed by atoms with E-state index in [2.05, 4.69) is 23.6 Å². The molecule has 0 amide bonds. The summed E-state index contributed by atoms with van der Waals surface area (Å²) in [5.41, 5.74) is 5.25. The SMILES string of the molecule is CCCCCCCCCC/C=C\CCCCCCCCCCCC(=O)OC(COC(=O)CC)COP(=O)(O)OCC(N)C(=O)O. The molecule has 0 rings (SSSR count). The fourth-order valence-corrected chi connectivity index (χ4v) is 5.29. The van der Waals surface area contributed by atoms with Crippen LogP contribution in [0.5, 0.6) is 0 Å². The minimum Gasteiger partial charge on any atom is -0.480 e. The predicted molar refractivity (Wildman–Crippen MR) is 176 cm³/mol. The van der Waals surface area contributed by atoms with Gasteiger partial charge in [-0.2, -0.15) is 0 Å². The molecule has 11 nitrogen and oxygen atoms in total. The average Bonchev–Trinajstić information content (AvgIpc) is 3.01. The van der Waals surface area contributed by atoms with Gasteiger partial charge in [-0.05, 0) is 32.1 Å². The van der Waals surface area contributed by atoms with Crippen LogP contribution in [0.3, 0.4) is 0 Å². The summed E-state index contributed by atoms with van der Waals surface area (Å²) in [5.74, 6) is -2.48. The molecule has 0 fully saturated rings. The van der Waals surface area contributed by atoms with Crippen molar-refractivity contribution in [1.82, 2.24) is 0 Å². The van der Waals surface area contributed by atoms with E-state index in [9.17, 15) is 23.8 Å². The van der Waals surface area contributed by atoms with Crippen LogP contribution in [0.25, 0.3) is 0 Å². The van der Waals surface area contributed by atoms with Gasteiger partial charge in [-0.25, -0.2) is 4.57 Å². The molecule has 0 aliphatic heterocycles. The van der Waals surface area contributed by atoms with Crippen molar-refractivity contribution in [3.8, 4) is 0 Å². The average molecular weight is 664 g/mol. The lowest BCUT2D eigenvalue weighted by molar-refractivity contribution is -0.161. The number of rotatable bonds is 32. The predicted octanol–water partition coefficient (Wildman–Crippen LogP) is 7.78. The van der Waals surface area contributed by atoms with Gasteiger partial charge < -0.3 is 25.2 Å². The molecule has 4 N–H and O–H groups in total. The summed E-state index contributed by atoms with van der Waals surface area (Å²) in [6.07, 6.45) is 27.0. The van der Waals surface area contributed by atoms with E-state index < -0.39 is 51.1 Å². The second-order valence-electron chi connectivity index (χ2n) is 11.6. The maximum Gasteiger partial charge on any atom is 0.472 e. The van der Waals surface area contributed by atoms with Crippen LogP contribution >= 0.6 is 7.82 Å². The number of esters is 2. The second-order valence-corrected chi connectivity index (χ2v) is 13.1. The van der Waals surface area contributed by atoms with Gasteiger partial charge in [0.15, 0.2) is 6.10 Å². The number of carboxylic acids is 1. The van der Waals surface area contributed by atoms with Crippen LogP contribution in [-0.2, 0) is 37.5 Å². The van der Waals surface area contributed by atoms with E-state index in [4.69, 9.17) is 24.8 Å². The summed E-state index contributed by atoms with van der Waals surface area (Å²) in [4.78, 5) is 44.3. The number of aliphatic carboxylic acids is 1. The minimum atomic E-state index is -4.68. The maximum atomic E-state index is 12.3. The summed E-state index contributed by atoms with van der Waals surface area (Å²) in [6.45, 7) is 2.15. The molecule has 0 aromatic rings. The van der Waals surface area contributed by atoms with Crippen molar-refractivity contribution < 1.29 is 47.5 Å². The topological polar surface area (TPSA) is 172 Å². The Bertz CT molecular complexity index is 838. The van der Waals surface area contributed by atoms with Crippen molar-refractivity contribution >= 4 is 25.7 Å². The number of phosphoric acid groups is 1. The highest BCUT2D eigenvalue weighted by Gasteiger charge is 2.28. The highest BCUT2D eigenvalue weighted by Crippen LogP contribution is 2.43. The van der Waals surface area contributed by atoms with E-state index in [0.29, 0.717) is 6.42 Å². The summed E-state index contributed by atoms with van der Waals surface area (Å²) in [6, 6.07) is -1.51. The Hall–Kier alpha value is -1.78. The van der Waals surface area contributed by atoms with Crippen LogP contribution in [0.2, 0.25) is 0 Å². The van der Waals surface area contributed by atoms with Crippen molar-refractivity contribution in [3.63, 3.8) is 0 Å². The second kappa shape index (κ2) is 29.6. The third kappa shape index (κ3) is 29.4. The highest BCUT2D eigenvalue weighted by molar-refractivity contribution is 7.47. The Kier molecular flexibility index (Phi) is 28.4. The smallest absolute Gasteiger partial charge is 0.472 e. The van der Waals surface area contributed by atoms with Crippen molar-refractivity contribution in [3.05, 3.63) is 12.2 Å². The van der Waals surface area contributed by atoms with Gasteiger partial charge in [0.2, 0.25) is 0 Å². The number of phosphoric ester groups is 1. The Balaban J connectivity index is 3.93. The number of hydrogen-bond acceptors (Lipinski definition) is 9. The van der Waals surface area contributed by atoms with Crippen LogP contribution in [0, 0.1) is 0 Å². The molecule has 0 heterocycles. The first kappa shape index (κ1) is 43.2. The Morgan fingerprint density at radius 1 is 0.689 bits per heavy atom. The highest BCUT2D eigenvalue weighted by atomic mass is 31.2. The van der Waals surface area contributed by atoms with Gasteiger partial charge in [-0.15, -0.1) is 0 Å². The summed E-state index contributed by atoms with van der Waals surface area (Å²) in [7, 11) is -4.68. The van der Waals surface area contributed by atoms with E-state index in [1.165, 1.54) is 96.3 Å². The van der Waals surface area contributed by atoms with Gasteiger partial charge in [-0.3, -0.25) is 23.4 Å². The number of unbranched alkanes of at least 4 members (excludes halogenated alkanes) is 17. The number of allylic oxidation sites excluding steroid dienone is 2. The molecule has 0 saturated carbocycles. The third-order valence-corrected chi connectivity index (χ3v) is 8.27. The Labute approximate surface area is 271 Å². The number of nitrogens with two attached hydrogens (primary N) is 1. The molecule has 0 aromatic heterocycles. The van der Waals surface area contributed by atoms with Crippen molar-refractivity contribution in [2.24, 2.45) is 5.73 Å². The molecule has 0 radical (unpaired) electrons. The summed E-state index contributed by atoms with van der Waals surface area (Å²) in [5, 5.41) is 8.75. The molecule has 3 atom stereocenters. The standard InChI is InChI=1S/C33H62NO10P/c1-3-5-6-7-8-9-10-11-12-13-14-15-16-17-18-19-20-21-22-23-24-25-32(36)44-29(26-41-31(35)4-2)27-42-45(39,40)43-28-30(34)33(37)38/h13-14,29-30H,3-12,15-28,34H2,1-2H3,(H,37,38)(H,39,40)/b14-13-. The van der Waals surface area contributed by atoms with Crippen LogP contribution in [-0.4, -0.2) is 59.9 Å². The third-order valence-electron chi connectivity index (χ3n) is 7.32. The first-order valence-corrected chi connectivity index (χ1v) is 18.7. The van der Waals surface area contributed by atoms with Gasteiger partial charge in [0.1, 0.15) is 12.6 Å². The zero-order chi connectivity index (χ0) is 33.6. The summed E-state index contributed by atoms with van der Waals surface area (Å²) >= 11 is 0. The molecule has 0 saturated heterocycles. The zero-order valence-corrected chi connectivity index (χ0v) is 28.9. The summed E-state index contributed by atoms with van der Waals surface area (Å²) < 4.78 is 31.7. The molecule has 0 spiro atoms. The molecule has 3 unspecified atom stereocenters. The zero-order valence-electron chi connectivity index (χ0n) is 28.0. The van der Waals surface area contributed by atoms with Crippen molar-refractivity contribution in [2.75, 3.05) is 19.8 Å². The van der Waals surface area contributed by atoms with Crippen molar-refractivity contribution in [2.45, 2.75) is 161 Å². The van der Waals surface area contributed by atoms with Gasteiger partial charge in [0.05, 0.1) is 13.2 Å².